The average Bonchev–Trinajstić information content (AvgIpc) is 2.61. The summed E-state index contributed by atoms with van der Waals surface area (Å²) in [4.78, 5) is 13.6. The molecule has 1 atom stereocenters. The van der Waals surface area contributed by atoms with Crippen molar-refractivity contribution in [3.63, 3.8) is 0 Å². The molecule has 80 valence electrons. The summed E-state index contributed by atoms with van der Waals surface area (Å²) in [5.41, 5.74) is 2.34. The number of hydrazone groups is 1. The Hall–Kier alpha value is -1.68. The van der Waals surface area contributed by atoms with Crippen LogP contribution in [0.1, 0.15) is 6.23 Å². The lowest BCUT2D eigenvalue weighted by Crippen LogP contribution is -2.32. The van der Waals surface area contributed by atoms with Gasteiger partial charge < -0.3 is 15.2 Å². The van der Waals surface area contributed by atoms with Crippen LogP contribution in [0.3, 0.4) is 0 Å². The maximum absolute atomic E-state index is 10.5. The summed E-state index contributed by atoms with van der Waals surface area (Å²) in [7, 11) is 0. The van der Waals surface area contributed by atoms with Crippen LogP contribution in [0.4, 0.5) is 5.95 Å². The van der Waals surface area contributed by atoms with Crippen LogP contribution < -0.4 is 5.43 Å². The van der Waals surface area contributed by atoms with Gasteiger partial charge in [-0.2, -0.15) is 9.67 Å². The first kappa shape index (κ1) is 9.86. The number of rotatable bonds is 1. The molecule has 0 radical (unpaired) electrons. The summed E-state index contributed by atoms with van der Waals surface area (Å²) in [6.07, 6.45) is 0.243. The first-order chi connectivity index (χ1) is 7.13. The number of nitrogens with zero attached hydrogens (tertiary/aromatic N) is 5. The van der Waals surface area contributed by atoms with E-state index in [1.54, 1.807) is 6.26 Å². The van der Waals surface area contributed by atoms with Gasteiger partial charge in [-0.15, -0.1) is 10.5 Å². The molecular formula is C5H6N6O3S. The van der Waals surface area contributed by atoms with Gasteiger partial charge >= 0.3 is 5.84 Å². The number of hydrogen-bond acceptors (Lipinski definition) is 8. The second-order valence-corrected chi connectivity index (χ2v) is 3.35. The van der Waals surface area contributed by atoms with Crippen molar-refractivity contribution in [3.05, 3.63) is 10.1 Å². The Labute approximate surface area is 87.3 Å². The monoisotopic (exact) mass is 230 g/mol. The zero-order valence-electron chi connectivity index (χ0n) is 7.49. The highest BCUT2D eigenvalue weighted by atomic mass is 32.2. The second kappa shape index (κ2) is 3.47. The third-order valence-corrected chi connectivity index (χ3v) is 2.25. The normalized spacial score (nSPS) is 19.1. The molecule has 0 saturated heterocycles. The van der Waals surface area contributed by atoms with Crippen LogP contribution in [0.25, 0.3) is 0 Å². The summed E-state index contributed by atoms with van der Waals surface area (Å²) in [6, 6.07) is 0. The van der Waals surface area contributed by atoms with Crippen LogP contribution in [0.2, 0.25) is 0 Å². The van der Waals surface area contributed by atoms with Crippen molar-refractivity contribution in [2.75, 3.05) is 11.7 Å². The summed E-state index contributed by atoms with van der Waals surface area (Å²) in [5.74, 6) is -0.433. The minimum Gasteiger partial charge on any atom is -0.362 e. The van der Waals surface area contributed by atoms with E-state index in [0.717, 1.165) is 4.68 Å². The number of thioether (sulfide) groups is 1. The molecule has 0 fully saturated rings. The highest BCUT2D eigenvalue weighted by Gasteiger charge is 2.34. The van der Waals surface area contributed by atoms with Crippen LogP contribution >= 0.6 is 11.8 Å². The van der Waals surface area contributed by atoms with Gasteiger partial charge in [0.25, 0.3) is 12.2 Å². The highest BCUT2D eigenvalue weighted by Crippen LogP contribution is 2.21. The van der Waals surface area contributed by atoms with Gasteiger partial charge in [0.05, 0.1) is 5.10 Å². The number of aliphatic hydroxyl groups excluding tert-OH is 1. The molecule has 0 bridgehead atoms. The summed E-state index contributed by atoms with van der Waals surface area (Å²) in [5, 5.41) is 27.6. The Bertz CT molecular complexity index is 442. The Morgan fingerprint density at radius 3 is 3.07 bits per heavy atom. The SMILES string of the molecule is CSc1nc2n(n1)C(O)C([N+](=O)[O-])=NN2. The van der Waals surface area contributed by atoms with E-state index in [2.05, 4.69) is 20.6 Å². The van der Waals surface area contributed by atoms with Crippen LogP contribution in [-0.2, 0) is 0 Å². The van der Waals surface area contributed by atoms with E-state index in [1.807, 2.05) is 0 Å². The van der Waals surface area contributed by atoms with Gasteiger partial charge in [-0.3, -0.25) is 0 Å². The Morgan fingerprint density at radius 2 is 2.47 bits per heavy atom. The number of nitro groups is 1. The van der Waals surface area contributed by atoms with Crippen LogP contribution in [0.15, 0.2) is 10.3 Å². The quantitative estimate of drug-likeness (QED) is 0.379. The molecule has 9 nitrogen and oxygen atoms in total. The maximum Gasteiger partial charge on any atom is 0.415 e. The Balaban J connectivity index is 2.38. The largest absolute Gasteiger partial charge is 0.415 e. The number of anilines is 1. The Morgan fingerprint density at radius 1 is 1.73 bits per heavy atom. The molecule has 1 aromatic heterocycles. The van der Waals surface area contributed by atoms with E-state index in [1.165, 1.54) is 11.8 Å². The van der Waals surface area contributed by atoms with Crippen molar-refractivity contribution in [1.82, 2.24) is 14.8 Å². The van der Waals surface area contributed by atoms with Crippen molar-refractivity contribution in [3.8, 4) is 0 Å². The molecule has 0 amide bonds. The van der Waals surface area contributed by atoms with Crippen molar-refractivity contribution < 1.29 is 10.0 Å². The maximum atomic E-state index is 10.5. The fraction of sp³-hybridized carbons (Fsp3) is 0.400. The topological polar surface area (TPSA) is 118 Å². The number of aliphatic hydroxyl groups is 1. The van der Waals surface area contributed by atoms with Gasteiger partial charge in [-0.25, -0.2) is 0 Å². The van der Waals surface area contributed by atoms with Gasteiger partial charge in [0, 0.05) is 0 Å². The number of amidine groups is 1. The van der Waals surface area contributed by atoms with E-state index < -0.39 is 17.0 Å². The molecule has 1 aliphatic heterocycles. The van der Waals surface area contributed by atoms with E-state index >= 15 is 0 Å². The number of aromatic nitrogens is 3. The predicted molar refractivity (Wildman–Crippen MR) is 51.1 cm³/mol. The summed E-state index contributed by atoms with van der Waals surface area (Å²) in [6.45, 7) is 0. The molecule has 15 heavy (non-hydrogen) atoms. The zero-order chi connectivity index (χ0) is 11.0. The third-order valence-electron chi connectivity index (χ3n) is 1.71. The molecule has 1 unspecified atom stereocenters. The molecule has 0 aromatic carbocycles. The summed E-state index contributed by atoms with van der Waals surface area (Å²) >= 11 is 1.26. The molecular weight excluding hydrogens is 224 g/mol. The van der Waals surface area contributed by atoms with Crippen LogP contribution in [0.5, 0.6) is 0 Å². The number of fused-ring (bicyclic) bond motifs is 1. The fourth-order valence-corrected chi connectivity index (χ4v) is 1.39. The first-order valence-corrected chi connectivity index (χ1v) is 5.02. The average molecular weight is 230 g/mol. The lowest BCUT2D eigenvalue weighted by atomic mass is 10.5. The van der Waals surface area contributed by atoms with Crippen molar-refractivity contribution in [2.45, 2.75) is 11.4 Å². The standard InChI is InChI=1S/C5H6N6O3S/c1-15-5-6-4-8-7-2(11(13)14)3(12)10(4)9-5/h3,12H,1H3,(H,6,8,9). The van der Waals surface area contributed by atoms with E-state index in [0.29, 0.717) is 5.16 Å². The van der Waals surface area contributed by atoms with Crippen molar-refractivity contribution in [2.24, 2.45) is 5.10 Å². The molecule has 2 heterocycles. The molecule has 2 N–H and O–H groups in total. The lowest BCUT2D eigenvalue weighted by molar-refractivity contribution is -0.362. The smallest absolute Gasteiger partial charge is 0.362 e. The molecule has 1 aromatic rings. The van der Waals surface area contributed by atoms with Crippen molar-refractivity contribution in [1.29, 1.82) is 0 Å². The Kier molecular flexibility index (Phi) is 2.28. The first-order valence-electron chi connectivity index (χ1n) is 3.80. The minimum atomic E-state index is -1.51. The second-order valence-electron chi connectivity index (χ2n) is 2.58. The third kappa shape index (κ3) is 1.53. The lowest BCUT2D eigenvalue weighted by Gasteiger charge is -2.12. The van der Waals surface area contributed by atoms with Gasteiger partial charge in [-0.1, -0.05) is 11.8 Å². The molecule has 0 saturated carbocycles. The summed E-state index contributed by atoms with van der Waals surface area (Å²) < 4.78 is 1.01. The fourth-order valence-electron chi connectivity index (χ4n) is 1.05. The highest BCUT2D eigenvalue weighted by molar-refractivity contribution is 7.98. The number of nitrogens with one attached hydrogen (secondary N) is 1. The minimum absolute atomic E-state index is 0.178. The zero-order valence-corrected chi connectivity index (χ0v) is 8.30. The molecule has 0 spiro atoms. The van der Waals surface area contributed by atoms with E-state index in [9.17, 15) is 15.2 Å². The van der Waals surface area contributed by atoms with Gasteiger partial charge in [0.2, 0.25) is 5.16 Å². The molecule has 10 heteroatoms. The van der Waals surface area contributed by atoms with Crippen LogP contribution in [-0.4, -0.2) is 36.9 Å². The van der Waals surface area contributed by atoms with Crippen LogP contribution in [0, 0.1) is 10.1 Å². The van der Waals surface area contributed by atoms with E-state index in [4.69, 9.17) is 0 Å². The molecule has 1 aliphatic rings. The van der Waals surface area contributed by atoms with E-state index in [-0.39, 0.29) is 5.95 Å². The predicted octanol–water partition coefficient (Wildman–Crippen LogP) is -0.493. The van der Waals surface area contributed by atoms with Gasteiger partial charge in [0.15, 0.2) is 0 Å². The van der Waals surface area contributed by atoms with Gasteiger partial charge in [0.1, 0.15) is 0 Å². The molecule has 2 rings (SSSR count). The molecule has 0 aliphatic carbocycles. The van der Waals surface area contributed by atoms with Crippen molar-refractivity contribution >= 4 is 23.5 Å². The number of hydrogen-bond donors (Lipinski definition) is 2. The van der Waals surface area contributed by atoms with Gasteiger partial charge in [-0.05, 0) is 11.2 Å².